The van der Waals surface area contributed by atoms with E-state index in [4.69, 9.17) is 14.4 Å². The van der Waals surface area contributed by atoms with Gasteiger partial charge in [0.15, 0.2) is 5.82 Å². The van der Waals surface area contributed by atoms with Gasteiger partial charge in [0, 0.05) is 27.5 Å². The monoisotopic (exact) mass is 600 g/mol. The molecular weight excluding hydrogens is 572 g/mol. The Kier molecular flexibility index (Phi) is 6.46. The molecule has 0 saturated heterocycles. The number of rotatable bonds is 5. The molecule has 0 fully saturated rings. The van der Waals surface area contributed by atoms with Crippen molar-refractivity contribution in [2.24, 2.45) is 0 Å². The molecule has 0 aliphatic carbocycles. The number of benzene rings is 7. The minimum absolute atomic E-state index is 0.704. The lowest BCUT2D eigenvalue weighted by atomic mass is 9.97. The van der Waals surface area contributed by atoms with Gasteiger partial charge >= 0.3 is 0 Å². The summed E-state index contributed by atoms with van der Waals surface area (Å²) in [5.74, 6) is 0.704. The number of aromatic nitrogens is 2. The van der Waals surface area contributed by atoms with Crippen LogP contribution < -0.4 is 0 Å². The molecule has 0 N–H and O–H groups in total. The van der Waals surface area contributed by atoms with Crippen molar-refractivity contribution in [2.45, 2.75) is 0 Å². The molecule has 9 rings (SSSR count). The van der Waals surface area contributed by atoms with Gasteiger partial charge in [-0.15, -0.1) is 0 Å². The molecule has 3 heteroatoms. The van der Waals surface area contributed by atoms with Crippen molar-refractivity contribution >= 4 is 32.7 Å². The van der Waals surface area contributed by atoms with Gasteiger partial charge < -0.3 is 4.42 Å². The molecule has 0 radical (unpaired) electrons. The topological polar surface area (TPSA) is 38.9 Å². The fraction of sp³-hybridized carbons (Fsp3) is 0. The maximum absolute atomic E-state index is 6.15. The quantitative estimate of drug-likeness (QED) is 0.197. The molecule has 0 amide bonds. The van der Waals surface area contributed by atoms with Crippen molar-refractivity contribution in [1.82, 2.24) is 9.97 Å². The predicted molar refractivity (Wildman–Crippen MR) is 194 cm³/mol. The van der Waals surface area contributed by atoms with Crippen LogP contribution >= 0.6 is 0 Å². The van der Waals surface area contributed by atoms with Gasteiger partial charge in [-0.2, -0.15) is 0 Å². The molecule has 0 unspecified atom stereocenters. The molecule has 3 nitrogen and oxygen atoms in total. The van der Waals surface area contributed by atoms with Crippen molar-refractivity contribution in [2.75, 3.05) is 0 Å². The molecule has 2 heterocycles. The Morgan fingerprint density at radius 1 is 0.362 bits per heavy atom. The SMILES string of the molecule is c1ccc(-c2nc(-c3ccc(-c4ccc5ccccc5c4)cc3)cc(-c3ccc(-c4cccc5oc6ccccc6c45)cc3)n2)cc1. The summed E-state index contributed by atoms with van der Waals surface area (Å²) in [5, 5.41) is 4.75. The summed E-state index contributed by atoms with van der Waals surface area (Å²) in [6, 6.07) is 59.2. The van der Waals surface area contributed by atoms with Gasteiger partial charge in [0.2, 0.25) is 0 Å². The molecule has 0 aliphatic rings. The highest BCUT2D eigenvalue weighted by molar-refractivity contribution is 6.12. The van der Waals surface area contributed by atoms with E-state index in [0.717, 1.165) is 61.1 Å². The van der Waals surface area contributed by atoms with Crippen LogP contribution in [-0.2, 0) is 0 Å². The maximum Gasteiger partial charge on any atom is 0.160 e. The Labute approximate surface area is 272 Å². The Bertz CT molecular complexity index is 2550. The third-order valence-electron chi connectivity index (χ3n) is 8.92. The maximum atomic E-state index is 6.15. The molecule has 2 aromatic heterocycles. The molecule has 0 saturated carbocycles. The predicted octanol–water partition coefficient (Wildman–Crippen LogP) is 11.9. The summed E-state index contributed by atoms with van der Waals surface area (Å²) in [6.07, 6.45) is 0. The summed E-state index contributed by atoms with van der Waals surface area (Å²) < 4.78 is 6.15. The van der Waals surface area contributed by atoms with Crippen LogP contribution in [0.15, 0.2) is 174 Å². The van der Waals surface area contributed by atoms with Crippen LogP contribution in [0, 0.1) is 0 Å². The smallest absolute Gasteiger partial charge is 0.160 e. The van der Waals surface area contributed by atoms with E-state index < -0.39 is 0 Å². The number of hydrogen-bond donors (Lipinski definition) is 0. The summed E-state index contributed by atoms with van der Waals surface area (Å²) in [6.45, 7) is 0. The van der Waals surface area contributed by atoms with E-state index in [1.54, 1.807) is 0 Å². The highest BCUT2D eigenvalue weighted by Gasteiger charge is 2.14. The zero-order valence-corrected chi connectivity index (χ0v) is 25.5. The van der Waals surface area contributed by atoms with Gasteiger partial charge in [-0.25, -0.2) is 9.97 Å². The van der Waals surface area contributed by atoms with Crippen molar-refractivity contribution in [1.29, 1.82) is 0 Å². The Balaban J connectivity index is 1.10. The van der Waals surface area contributed by atoms with Crippen molar-refractivity contribution in [3.05, 3.63) is 170 Å². The molecule has 0 aliphatic heterocycles. The van der Waals surface area contributed by atoms with Gasteiger partial charge in [0.05, 0.1) is 11.4 Å². The van der Waals surface area contributed by atoms with Gasteiger partial charge in [0.25, 0.3) is 0 Å². The minimum Gasteiger partial charge on any atom is -0.456 e. The number of fused-ring (bicyclic) bond motifs is 4. The van der Waals surface area contributed by atoms with Gasteiger partial charge in [-0.05, 0) is 57.3 Å². The van der Waals surface area contributed by atoms with Crippen LogP contribution in [0.1, 0.15) is 0 Å². The Morgan fingerprint density at radius 2 is 0.957 bits per heavy atom. The highest BCUT2D eigenvalue weighted by atomic mass is 16.3. The summed E-state index contributed by atoms with van der Waals surface area (Å²) in [7, 11) is 0. The van der Waals surface area contributed by atoms with Gasteiger partial charge in [-0.1, -0.05) is 146 Å². The first-order valence-corrected chi connectivity index (χ1v) is 15.8. The van der Waals surface area contributed by atoms with Crippen LogP contribution in [0.4, 0.5) is 0 Å². The average molecular weight is 601 g/mol. The first kappa shape index (κ1) is 27.0. The number of hydrogen-bond acceptors (Lipinski definition) is 3. The molecule has 0 bridgehead atoms. The number of para-hydroxylation sites is 1. The zero-order chi connectivity index (χ0) is 31.2. The lowest BCUT2D eigenvalue weighted by Crippen LogP contribution is -1.96. The molecule has 0 atom stereocenters. The first-order valence-electron chi connectivity index (χ1n) is 15.8. The molecule has 47 heavy (non-hydrogen) atoms. The lowest BCUT2D eigenvalue weighted by molar-refractivity contribution is 0.669. The largest absolute Gasteiger partial charge is 0.456 e. The van der Waals surface area contributed by atoms with E-state index in [1.165, 1.54) is 21.9 Å². The fourth-order valence-corrected chi connectivity index (χ4v) is 6.50. The molecule has 7 aromatic carbocycles. The lowest BCUT2D eigenvalue weighted by Gasteiger charge is -2.11. The summed E-state index contributed by atoms with van der Waals surface area (Å²) in [4.78, 5) is 10.1. The number of furan rings is 1. The van der Waals surface area contributed by atoms with Crippen molar-refractivity contribution in [3.63, 3.8) is 0 Å². The Morgan fingerprint density at radius 3 is 1.72 bits per heavy atom. The van der Waals surface area contributed by atoms with Crippen molar-refractivity contribution < 1.29 is 4.42 Å². The fourth-order valence-electron chi connectivity index (χ4n) is 6.50. The Hall–Kier alpha value is -6.32. The second-order valence-electron chi connectivity index (χ2n) is 11.8. The van der Waals surface area contributed by atoms with Crippen LogP contribution in [-0.4, -0.2) is 9.97 Å². The molecular formula is C44H28N2O. The van der Waals surface area contributed by atoms with E-state index in [-0.39, 0.29) is 0 Å². The third-order valence-corrected chi connectivity index (χ3v) is 8.92. The zero-order valence-electron chi connectivity index (χ0n) is 25.5. The second kappa shape index (κ2) is 11.2. The summed E-state index contributed by atoms with van der Waals surface area (Å²) >= 11 is 0. The second-order valence-corrected chi connectivity index (χ2v) is 11.8. The first-order chi connectivity index (χ1) is 23.3. The molecule has 0 spiro atoms. The van der Waals surface area contributed by atoms with E-state index in [9.17, 15) is 0 Å². The van der Waals surface area contributed by atoms with E-state index in [1.807, 2.05) is 36.4 Å². The molecule has 9 aromatic rings. The average Bonchev–Trinajstić information content (AvgIpc) is 3.54. The normalized spacial score (nSPS) is 11.4. The standard InChI is InChI=1S/C44H28N2O/c1-2-10-34(11-3-1)44-45-39(32-22-17-30(18-23-32)36-26-19-29-9-4-5-12-35(29)27-36)28-40(46-44)33-24-20-31(21-25-33)37-14-8-16-42-43(37)38-13-6-7-15-41(38)47-42/h1-28H. The number of nitrogens with zero attached hydrogens (tertiary/aromatic N) is 2. The van der Waals surface area contributed by atoms with Crippen LogP contribution in [0.5, 0.6) is 0 Å². The van der Waals surface area contributed by atoms with Gasteiger partial charge in [0.1, 0.15) is 11.2 Å². The molecule has 220 valence electrons. The summed E-state index contributed by atoms with van der Waals surface area (Å²) in [5.41, 5.74) is 11.3. The van der Waals surface area contributed by atoms with Crippen LogP contribution in [0.25, 0.3) is 88.9 Å². The van der Waals surface area contributed by atoms with Crippen LogP contribution in [0.2, 0.25) is 0 Å². The van der Waals surface area contributed by atoms with Crippen molar-refractivity contribution in [3.8, 4) is 56.2 Å². The van der Waals surface area contributed by atoms with Crippen LogP contribution in [0.3, 0.4) is 0 Å². The third kappa shape index (κ3) is 4.95. The van der Waals surface area contributed by atoms with Gasteiger partial charge in [-0.3, -0.25) is 0 Å². The highest BCUT2D eigenvalue weighted by Crippen LogP contribution is 2.37. The van der Waals surface area contributed by atoms with E-state index in [2.05, 4.69) is 133 Å². The van der Waals surface area contributed by atoms with E-state index in [0.29, 0.717) is 5.82 Å². The minimum atomic E-state index is 0.704. The van der Waals surface area contributed by atoms with E-state index >= 15 is 0 Å².